The molecule has 0 N–H and O–H groups in total. The maximum absolute atomic E-state index is 5.71. The van der Waals surface area contributed by atoms with Crippen LogP contribution >= 0.6 is 12.6 Å². The number of hydrogen-bond acceptors (Lipinski definition) is 2. The van der Waals surface area contributed by atoms with Gasteiger partial charge in [0.2, 0.25) is 0 Å². The summed E-state index contributed by atoms with van der Waals surface area (Å²) in [6.07, 6.45) is 2.24. The summed E-state index contributed by atoms with van der Waals surface area (Å²) in [7, 11) is 0. The van der Waals surface area contributed by atoms with E-state index in [2.05, 4.69) is 55.5 Å². The van der Waals surface area contributed by atoms with E-state index in [9.17, 15) is 0 Å². The second kappa shape index (κ2) is 6.58. The molecule has 0 saturated carbocycles. The fourth-order valence-corrected chi connectivity index (χ4v) is 2.43. The summed E-state index contributed by atoms with van der Waals surface area (Å²) >= 11 is 7.61. The van der Waals surface area contributed by atoms with E-state index in [1.807, 2.05) is 6.07 Å². The van der Waals surface area contributed by atoms with E-state index < -0.39 is 0 Å². The first kappa shape index (κ1) is 14.0. The van der Waals surface area contributed by atoms with Gasteiger partial charge in [0.15, 0.2) is 0 Å². The maximum atomic E-state index is 5.71. The Labute approximate surface area is 112 Å². The Bertz CT molecular complexity index is 350. The number of ether oxygens (including phenoxy) is 1. The van der Waals surface area contributed by atoms with Gasteiger partial charge >= 0.3 is 112 Å². The van der Waals surface area contributed by atoms with Gasteiger partial charge in [-0.25, -0.2) is 0 Å². The van der Waals surface area contributed by atoms with Gasteiger partial charge in [0, 0.05) is 0 Å². The number of rotatable bonds is 5. The van der Waals surface area contributed by atoms with E-state index in [1.165, 1.54) is 5.56 Å². The third-order valence-corrected chi connectivity index (χ3v) is 4.18. The van der Waals surface area contributed by atoms with Crippen molar-refractivity contribution < 1.29 is 4.74 Å². The normalized spacial score (nSPS) is 10.8. The van der Waals surface area contributed by atoms with Crippen molar-refractivity contribution in [1.82, 2.24) is 0 Å². The molecule has 0 amide bonds. The van der Waals surface area contributed by atoms with E-state index >= 15 is 0 Å². The van der Waals surface area contributed by atoms with Crippen LogP contribution in [0, 0.1) is 0 Å². The van der Waals surface area contributed by atoms with Gasteiger partial charge in [-0.05, 0) is 0 Å². The van der Waals surface area contributed by atoms with Gasteiger partial charge in [0.25, 0.3) is 0 Å². The molecule has 0 aliphatic carbocycles. The van der Waals surface area contributed by atoms with E-state index in [1.54, 1.807) is 0 Å². The standard InChI is InChI=1S/C13H19OSSe/c1-4-5-8-14-11-7-6-10(9(2)3)12(15)13(11)16/h6-7,9,15H,4-5,8H2,1-3H3. The summed E-state index contributed by atoms with van der Waals surface area (Å²) in [5.74, 6) is 1.41. The van der Waals surface area contributed by atoms with Crippen LogP contribution in [0.15, 0.2) is 17.0 Å². The number of thiol groups is 1. The summed E-state index contributed by atoms with van der Waals surface area (Å²) in [5.41, 5.74) is 1.26. The molecule has 0 bridgehead atoms. The average molecular weight is 302 g/mol. The zero-order valence-corrected chi connectivity index (χ0v) is 12.7. The van der Waals surface area contributed by atoms with Crippen molar-refractivity contribution >= 4 is 33.1 Å². The summed E-state index contributed by atoms with van der Waals surface area (Å²) < 4.78 is 6.75. The summed E-state index contributed by atoms with van der Waals surface area (Å²) in [4.78, 5) is 1.02. The van der Waals surface area contributed by atoms with Gasteiger partial charge in [0.1, 0.15) is 0 Å². The van der Waals surface area contributed by atoms with Crippen LogP contribution < -0.4 is 9.20 Å². The first-order valence-electron chi connectivity index (χ1n) is 5.73. The van der Waals surface area contributed by atoms with Gasteiger partial charge in [-0.2, -0.15) is 0 Å². The van der Waals surface area contributed by atoms with Crippen molar-refractivity contribution in [2.75, 3.05) is 6.61 Å². The molecule has 1 aromatic carbocycles. The molecular formula is C13H19OSSe. The monoisotopic (exact) mass is 303 g/mol. The zero-order chi connectivity index (χ0) is 12.1. The van der Waals surface area contributed by atoms with Crippen LogP contribution in [0.4, 0.5) is 0 Å². The molecule has 1 radical (unpaired) electrons. The molecule has 89 valence electrons. The third-order valence-electron chi connectivity index (χ3n) is 2.50. The molecule has 16 heavy (non-hydrogen) atoms. The Kier molecular flexibility index (Phi) is 5.74. The molecular weight excluding hydrogens is 283 g/mol. The van der Waals surface area contributed by atoms with E-state index in [0.717, 1.165) is 34.6 Å². The number of benzene rings is 1. The van der Waals surface area contributed by atoms with Gasteiger partial charge in [-0.3, -0.25) is 0 Å². The van der Waals surface area contributed by atoms with Crippen LogP contribution in [0.2, 0.25) is 0 Å². The summed E-state index contributed by atoms with van der Waals surface area (Å²) in [6, 6.07) is 4.14. The van der Waals surface area contributed by atoms with Gasteiger partial charge in [-0.1, -0.05) is 0 Å². The fourth-order valence-electron chi connectivity index (χ4n) is 1.47. The molecule has 0 unspecified atom stereocenters. The molecule has 0 spiro atoms. The SMILES string of the molecule is CCCCOc1ccc(C(C)C)c(S)c1[Se]. The van der Waals surface area contributed by atoms with Gasteiger partial charge < -0.3 is 0 Å². The van der Waals surface area contributed by atoms with Crippen LogP contribution in [-0.4, -0.2) is 22.6 Å². The summed E-state index contributed by atoms with van der Waals surface area (Å²) in [6.45, 7) is 7.28. The van der Waals surface area contributed by atoms with Crippen molar-refractivity contribution in [3.63, 3.8) is 0 Å². The quantitative estimate of drug-likeness (QED) is 0.500. The first-order chi connectivity index (χ1) is 7.57. The Morgan fingerprint density at radius 1 is 1.38 bits per heavy atom. The van der Waals surface area contributed by atoms with Crippen molar-refractivity contribution in [3.8, 4) is 5.75 Å². The van der Waals surface area contributed by atoms with Crippen LogP contribution in [0.1, 0.15) is 45.1 Å². The molecule has 0 atom stereocenters. The molecule has 3 heteroatoms. The van der Waals surface area contributed by atoms with E-state index in [-0.39, 0.29) is 0 Å². The molecule has 0 aliphatic heterocycles. The molecule has 0 fully saturated rings. The van der Waals surface area contributed by atoms with Crippen molar-refractivity contribution in [1.29, 1.82) is 0 Å². The second-order valence-corrected chi connectivity index (χ2v) is 5.49. The first-order valence-corrected chi connectivity index (χ1v) is 7.04. The summed E-state index contributed by atoms with van der Waals surface area (Å²) in [5, 5.41) is 0. The van der Waals surface area contributed by atoms with E-state index in [0.29, 0.717) is 5.92 Å². The molecule has 1 aromatic rings. The Morgan fingerprint density at radius 2 is 2.06 bits per heavy atom. The minimum atomic E-state index is 0.490. The average Bonchev–Trinajstić information content (AvgIpc) is 2.24. The number of hydrogen-bond donors (Lipinski definition) is 1. The van der Waals surface area contributed by atoms with Crippen LogP contribution in [-0.2, 0) is 0 Å². The van der Waals surface area contributed by atoms with Gasteiger partial charge in [-0.15, -0.1) is 0 Å². The zero-order valence-electron chi connectivity index (χ0n) is 10.1. The fraction of sp³-hybridized carbons (Fsp3) is 0.538. The number of unbranched alkanes of at least 4 members (excludes halogenated alkanes) is 1. The Balaban J connectivity index is 2.85. The van der Waals surface area contributed by atoms with Crippen LogP contribution in [0.5, 0.6) is 5.75 Å². The van der Waals surface area contributed by atoms with Gasteiger partial charge in [0.05, 0.1) is 0 Å². The van der Waals surface area contributed by atoms with Crippen LogP contribution in [0.3, 0.4) is 0 Å². The molecule has 0 heterocycles. The van der Waals surface area contributed by atoms with Crippen molar-refractivity contribution in [2.45, 2.75) is 44.4 Å². The third kappa shape index (κ3) is 3.44. The Hall–Kier alpha value is -0.111. The molecule has 0 aromatic heterocycles. The minimum absolute atomic E-state index is 0.490. The van der Waals surface area contributed by atoms with Crippen LogP contribution in [0.25, 0.3) is 0 Å². The molecule has 1 rings (SSSR count). The molecule has 0 saturated heterocycles. The second-order valence-electron chi connectivity index (χ2n) is 4.19. The predicted molar refractivity (Wildman–Crippen MR) is 73.6 cm³/mol. The predicted octanol–water partition coefficient (Wildman–Crippen LogP) is 3.07. The van der Waals surface area contributed by atoms with Crippen molar-refractivity contribution in [3.05, 3.63) is 17.7 Å². The Morgan fingerprint density at radius 3 is 2.62 bits per heavy atom. The molecule has 0 aliphatic rings. The van der Waals surface area contributed by atoms with Crippen molar-refractivity contribution in [2.24, 2.45) is 0 Å². The molecule has 1 nitrogen and oxygen atoms in total. The topological polar surface area (TPSA) is 9.23 Å². The van der Waals surface area contributed by atoms with E-state index in [4.69, 9.17) is 4.74 Å².